The van der Waals surface area contributed by atoms with Gasteiger partial charge in [0.2, 0.25) is 0 Å². The molecule has 4 aromatic carbocycles. The van der Waals surface area contributed by atoms with E-state index in [0.717, 1.165) is 0 Å². The van der Waals surface area contributed by atoms with Crippen LogP contribution in [0, 0.1) is 23.3 Å². The summed E-state index contributed by atoms with van der Waals surface area (Å²) in [5.41, 5.74) is 0.868. The predicted molar refractivity (Wildman–Crippen MR) is 166 cm³/mol. The van der Waals surface area contributed by atoms with Gasteiger partial charge in [-0.05, 0) is 121 Å². The second-order valence-corrected chi connectivity index (χ2v) is 15.5. The first kappa shape index (κ1) is 29.4. The fraction of sp³-hybridized carbons (Fsp3) is 0. The van der Waals surface area contributed by atoms with Gasteiger partial charge >= 0.3 is 0 Å². The van der Waals surface area contributed by atoms with E-state index in [1.807, 2.05) is 0 Å². The van der Waals surface area contributed by atoms with Crippen LogP contribution in [0.1, 0.15) is 0 Å². The van der Waals surface area contributed by atoms with Gasteiger partial charge in [-0.15, -0.1) is 0 Å². The molecule has 4 nitrogen and oxygen atoms in total. The summed E-state index contributed by atoms with van der Waals surface area (Å²) >= 11 is 0. The Morgan fingerprint density at radius 1 is 0.341 bits per heavy atom. The van der Waals surface area contributed by atoms with Crippen LogP contribution in [0.3, 0.4) is 0 Å². The van der Waals surface area contributed by atoms with Crippen molar-refractivity contribution in [2.45, 2.75) is 0 Å². The highest BCUT2D eigenvalue weighted by Crippen LogP contribution is 2.43. The van der Waals surface area contributed by atoms with Crippen LogP contribution in [0.5, 0.6) is 0 Å². The molecule has 6 aromatic rings. The second-order valence-electron chi connectivity index (χ2n) is 9.93. The van der Waals surface area contributed by atoms with Crippen molar-refractivity contribution < 1.29 is 26.7 Å². The standard InChI is InChI=1S/C34H22F4N2O2P2/c35-23-1-9-27(10-2-23)43(41,28-11-3-24(36)4-12-28)31-17-19-33(39-21-31)34-20-18-32(22-40-34)44(42,29-13-5-25(37)6-14-29)30-15-7-26(38)8-16-30/h1-22H. The molecule has 0 radical (unpaired) electrons. The summed E-state index contributed by atoms with van der Waals surface area (Å²) in [5.74, 6) is -1.92. The van der Waals surface area contributed by atoms with Gasteiger partial charge < -0.3 is 9.13 Å². The van der Waals surface area contributed by atoms with Gasteiger partial charge in [0.1, 0.15) is 23.3 Å². The Bertz CT molecular complexity index is 1770. The first-order chi connectivity index (χ1) is 21.2. The number of nitrogens with zero attached hydrogens (tertiary/aromatic N) is 2. The smallest absolute Gasteiger partial charge is 0.172 e. The largest absolute Gasteiger partial charge is 0.309 e. The van der Waals surface area contributed by atoms with E-state index in [4.69, 9.17) is 0 Å². The summed E-state index contributed by atoms with van der Waals surface area (Å²) in [5, 5.41) is 2.15. The maximum Gasteiger partial charge on any atom is 0.172 e. The molecule has 2 heterocycles. The van der Waals surface area contributed by atoms with Crippen molar-refractivity contribution in [3.8, 4) is 11.4 Å². The van der Waals surface area contributed by atoms with Crippen LogP contribution < -0.4 is 31.8 Å². The Balaban J connectivity index is 1.38. The Labute approximate surface area is 250 Å². The molecule has 10 heteroatoms. The van der Waals surface area contributed by atoms with Crippen LogP contribution in [0.4, 0.5) is 17.6 Å². The Morgan fingerprint density at radius 2 is 0.568 bits per heavy atom. The SMILES string of the molecule is O=P(c1ccc(F)cc1)(c1ccc(F)cc1)c1ccc(-c2ccc(P(=O)(c3ccc(F)cc3)c3ccc(F)cc3)cn2)nc1. The molecule has 0 aliphatic rings. The highest BCUT2D eigenvalue weighted by atomic mass is 31.2. The topological polar surface area (TPSA) is 59.9 Å². The van der Waals surface area contributed by atoms with Crippen LogP contribution in [-0.4, -0.2) is 9.97 Å². The zero-order valence-corrected chi connectivity index (χ0v) is 24.6. The molecule has 0 fully saturated rings. The van der Waals surface area contributed by atoms with E-state index in [1.165, 1.54) is 109 Å². The van der Waals surface area contributed by atoms with Gasteiger partial charge in [-0.2, -0.15) is 0 Å². The molecular weight excluding hydrogens is 606 g/mol. The van der Waals surface area contributed by atoms with Gasteiger partial charge in [0.15, 0.2) is 14.3 Å². The van der Waals surface area contributed by atoms with Crippen molar-refractivity contribution in [1.82, 2.24) is 9.97 Å². The lowest BCUT2D eigenvalue weighted by Gasteiger charge is -2.20. The molecule has 0 atom stereocenters. The molecule has 0 saturated carbocycles. The quantitative estimate of drug-likeness (QED) is 0.161. The highest BCUT2D eigenvalue weighted by Gasteiger charge is 2.32. The molecule has 0 aliphatic carbocycles. The number of pyridine rings is 2. The predicted octanol–water partition coefficient (Wildman–Crippen LogP) is 5.98. The maximum absolute atomic E-state index is 14.6. The molecule has 0 amide bonds. The fourth-order valence-corrected chi connectivity index (χ4v) is 10.0. The minimum Gasteiger partial charge on any atom is -0.309 e. The minimum absolute atomic E-state index is 0.355. The van der Waals surface area contributed by atoms with E-state index in [2.05, 4.69) is 9.97 Å². The zero-order valence-electron chi connectivity index (χ0n) is 22.8. The number of benzene rings is 4. The van der Waals surface area contributed by atoms with Crippen LogP contribution in [-0.2, 0) is 9.13 Å². The molecule has 0 bridgehead atoms. The van der Waals surface area contributed by atoms with Crippen LogP contribution in [0.25, 0.3) is 11.4 Å². The van der Waals surface area contributed by atoms with E-state index in [9.17, 15) is 26.7 Å². The molecule has 0 N–H and O–H groups in total. The average Bonchev–Trinajstić information content (AvgIpc) is 3.05. The average molecular weight is 629 g/mol. The van der Waals surface area contributed by atoms with E-state index in [0.29, 0.717) is 43.2 Å². The summed E-state index contributed by atoms with van der Waals surface area (Å²) in [7, 11) is -7.08. The Morgan fingerprint density at radius 3 is 0.773 bits per heavy atom. The molecule has 6 rings (SSSR count). The van der Waals surface area contributed by atoms with Crippen LogP contribution in [0.2, 0.25) is 0 Å². The first-order valence-electron chi connectivity index (χ1n) is 13.4. The van der Waals surface area contributed by atoms with Gasteiger partial charge in [0.05, 0.1) is 11.4 Å². The summed E-state index contributed by atoms with van der Waals surface area (Å²) in [6.45, 7) is 0. The molecular formula is C34H22F4N2O2P2. The zero-order chi connectivity index (χ0) is 30.9. The monoisotopic (exact) mass is 628 g/mol. The summed E-state index contributed by atoms with van der Waals surface area (Å²) in [4.78, 5) is 8.99. The lowest BCUT2D eigenvalue weighted by molar-refractivity contribution is 0.591. The third-order valence-corrected chi connectivity index (χ3v) is 13.3. The van der Waals surface area contributed by atoms with E-state index < -0.39 is 37.6 Å². The number of hydrogen-bond acceptors (Lipinski definition) is 4. The Kier molecular flexibility index (Phi) is 7.89. The van der Waals surface area contributed by atoms with Gasteiger partial charge in [0.25, 0.3) is 0 Å². The number of rotatable bonds is 7. The van der Waals surface area contributed by atoms with Crippen molar-refractivity contribution in [1.29, 1.82) is 0 Å². The maximum atomic E-state index is 14.6. The third-order valence-electron chi connectivity index (χ3n) is 7.25. The number of halogens is 4. The number of hydrogen-bond donors (Lipinski definition) is 0. The molecule has 0 unspecified atom stereocenters. The van der Waals surface area contributed by atoms with Crippen LogP contribution in [0.15, 0.2) is 134 Å². The van der Waals surface area contributed by atoms with E-state index in [1.54, 1.807) is 24.3 Å². The highest BCUT2D eigenvalue weighted by molar-refractivity contribution is 7.85. The summed E-state index contributed by atoms with van der Waals surface area (Å²) in [6.07, 6.45) is 2.89. The Hall–Kier alpha value is -4.64. The second kappa shape index (κ2) is 11.8. The summed E-state index contributed by atoms with van der Waals surface area (Å²) < 4.78 is 83.9. The summed E-state index contributed by atoms with van der Waals surface area (Å²) in [6, 6.07) is 27.8. The van der Waals surface area contributed by atoms with Gasteiger partial charge in [-0.1, -0.05) is 0 Å². The first-order valence-corrected chi connectivity index (χ1v) is 16.8. The van der Waals surface area contributed by atoms with Crippen molar-refractivity contribution in [2.75, 3.05) is 0 Å². The van der Waals surface area contributed by atoms with Gasteiger partial charge in [-0.25, -0.2) is 17.6 Å². The lowest BCUT2D eigenvalue weighted by Crippen LogP contribution is -2.26. The van der Waals surface area contributed by atoms with Crippen molar-refractivity contribution in [3.63, 3.8) is 0 Å². The molecule has 0 aliphatic heterocycles. The van der Waals surface area contributed by atoms with E-state index >= 15 is 0 Å². The van der Waals surface area contributed by atoms with Gasteiger partial charge in [0, 0.05) is 44.2 Å². The van der Waals surface area contributed by atoms with Crippen molar-refractivity contribution in [3.05, 3.63) is 157 Å². The van der Waals surface area contributed by atoms with Crippen molar-refractivity contribution >= 4 is 46.1 Å². The fourth-order valence-electron chi connectivity index (χ4n) is 4.95. The normalized spacial score (nSPS) is 11.8. The minimum atomic E-state index is -3.54. The molecule has 44 heavy (non-hydrogen) atoms. The van der Waals surface area contributed by atoms with Crippen molar-refractivity contribution in [2.24, 2.45) is 0 Å². The molecule has 2 aromatic heterocycles. The molecule has 0 saturated heterocycles. The lowest BCUT2D eigenvalue weighted by atomic mass is 10.2. The molecule has 218 valence electrons. The van der Waals surface area contributed by atoms with E-state index in [-0.39, 0.29) is 0 Å². The third kappa shape index (κ3) is 5.43. The van der Waals surface area contributed by atoms with Gasteiger partial charge in [-0.3, -0.25) is 9.97 Å². The number of aromatic nitrogens is 2. The van der Waals surface area contributed by atoms with Crippen LogP contribution >= 0.6 is 14.3 Å². The molecule has 0 spiro atoms.